The van der Waals surface area contributed by atoms with Crippen LogP contribution in [0.4, 0.5) is 0 Å². The minimum Gasteiger partial charge on any atom is -0.493 e. The van der Waals surface area contributed by atoms with Gasteiger partial charge in [-0.05, 0) is 30.3 Å². The van der Waals surface area contributed by atoms with Gasteiger partial charge in [-0.25, -0.2) is 9.67 Å². The van der Waals surface area contributed by atoms with Crippen LogP contribution in [-0.4, -0.2) is 20.8 Å². The number of aromatic hydroxyl groups is 1. The van der Waals surface area contributed by atoms with Crippen LogP contribution in [-0.2, 0) is 4.79 Å². The molecular formula is C17H10BrN3O3. The summed E-state index contributed by atoms with van der Waals surface area (Å²) in [7, 11) is 0. The third kappa shape index (κ3) is 2.13. The second-order valence-corrected chi connectivity index (χ2v) is 6.18. The van der Waals surface area contributed by atoms with Crippen LogP contribution in [0.3, 0.4) is 0 Å². The molecule has 1 amide bonds. The summed E-state index contributed by atoms with van der Waals surface area (Å²) in [5, 5.41) is 14.1. The second-order valence-electron chi connectivity index (χ2n) is 5.26. The molecule has 0 saturated carbocycles. The van der Waals surface area contributed by atoms with Crippen molar-refractivity contribution < 1.29 is 9.90 Å². The second kappa shape index (κ2) is 5.31. The number of H-pyrrole nitrogens is 1. The molecule has 0 unspecified atom stereocenters. The summed E-state index contributed by atoms with van der Waals surface area (Å²) in [6, 6.07) is 14.0. The molecule has 24 heavy (non-hydrogen) atoms. The van der Waals surface area contributed by atoms with E-state index in [1.54, 1.807) is 42.5 Å². The quantitative estimate of drug-likeness (QED) is 0.691. The highest BCUT2D eigenvalue weighted by Crippen LogP contribution is 2.24. The highest BCUT2D eigenvalue weighted by molar-refractivity contribution is 9.10. The molecule has 2 N–H and O–H groups in total. The summed E-state index contributed by atoms with van der Waals surface area (Å²) in [6.45, 7) is 0. The SMILES string of the molecule is O=C1N=c2ccc(Br)cc2=C1c1c(O)n(-c2ccccc2)[nH]c1=O. The van der Waals surface area contributed by atoms with Gasteiger partial charge >= 0.3 is 0 Å². The van der Waals surface area contributed by atoms with Crippen LogP contribution in [0.1, 0.15) is 5.56 Å². The molecule has 0 bridgehead atoms. The van der Waals surface area contributed by atoms with Crippen molar-refractivity contribution in [2.24, 2.45) is 4.99 Å². The Morgan fingerprint density at radius 1 is 1.08 bits per heavy atom. The Morgan fingerprint density at radius 2 is 1.83 bits per heavy atom. The molecule has 3 aromatic rings. The number of fused-ring (bicyclic) bond motifs is 1. The van der Waals surface area contributed by atoms with E-state index in [2.05, 4.69) is 26.0 Å². The van der Waals surface area contributed by atoms with Crippen molar-refractivity contribution in [1.82, 2.24) is 9.78 Å². The van der Waals surface area contributed by atoms with Crippen molar-refractivity contribution in [1.29, 1.82) is 0 Å². The molecule has 6 nitrogen and oxygen atoms in total. The van der Waals surface area contributed by atoms with Gasteiger partial charge < -0.3 is 5.11 Å². The van der Waals surface area contributed by atoms with Crippen LogP contribution >= 0.6 is 15.9 Å². The number of hydrogen-bond acceptors (Lipinski definition) is 3. The van der Waals surface area contributed by atoms with Gasteiger partial charge in [-0.15, -0.1) is 0 Å². The Hall–Kier alpha value is -2.93. The molecular weight excluding hydrogens is 374 g/mol. The molecule has 1 aliphatic rings. The van der Waals surface area contributed by atoms with Gasteiger partial charge in [0, 0.05) is 9.69 Å². The Morgan fingerprint density at radius 3 is 2.58 bits per heavy atom. The molecule has 118 valence electrons. The van der Waals surface area contributed by atoms with Crippen LogP contribution in [0.2, 0.25) is 0 Å². The van der Waals surface area contributed by atoms with E-state index in [-0.39, 0.29) is 17.0 Å². The number of hydrogen-bond donors (Lipinski definition) is 2. The van der Waals surface area contributed by atoms with Crippen molar-refractivity contribution in [2.75, 3.05) is 0 Å². The van der Waals surface area contributed by atoms with Crippen molar-refractivity contribution in [2.45, 2.75) is 0 Å². The number of aromatic nitrogens is 2. The lowest BCUT2D eigenvalue weighted by Crippen LogP contribution is -2.24. The molecule has 4 rings (SSSR count). The van der Waals surface area contributed by atoms with E-state index in [0.29, 0.717) is 16.3 Å². The third-order valence-corrected chi connectivity index (χ3v) is 4.30. The van der Waals surface area contributed by atoms with Gasteiger partial charge in [0.15, 0.2) is 0 Å². The normalized spacial score (nSPS) is 13.0. The van der Waals surface area contributed by atoms with E-state index < -0.39 is 11.5 Å². The molecule has 1 aliphatic heterocycles. The topological polar surface area (TPSA) is 87.4 Å². The van der Waals surface area contributed by atoms with Gasteiger partial charge in [-0.3, -0.25) is 14.7 Å². The van der Waals surface area contributed by atoms with Crippen LogP contribution in [0.5, 0.6) is 5.88 Å². The minimum absolute atomic E-state index is 0.0792. The zero-order valence-corrected chi connectivity index (χ0v) is 13.7. The molecule has 0 radical (unpaired) electrons. The lowest BCUT2D eigenvalue weighted by atomic mass is 10.1. The number of carbonyl (C=O) groups excluding carboxylic acids is 1. The maximum Gasteiger partial charge on any atom is 0.279 e. The maximum absolute atomic E-state index is 12.4. The fraction of sp³-hybridized carbons (Fsp3) is 0. The predicted molar refractivity (Wildman–Crippen MR) is 90.5 cm³/mol. The number of nitrogens with zero attached hydrogens (tertiary/aromatic N) is 2. The first-order valence-electron chi connectivity index (χ1n) is 7.09. The fourth-order valence-corrected chi connectivity index (χ4v) is 3.10. The van der Waals surface area contributed by atoms with Gasteiger partial charge in [0.1, 0.15) is 5.56 Å². The molecule has 0 fully saturated rings. The molecule has 7 heteroatoms. The van der Waals surface area contributed by atoms with Crippen LogP contribution in [0, 0.1) is 0 Å². The van der Waals surface area contributed by atoms with Gasteiger partial charge in [0.05, 0.1) is 16.6 Å². The maximum atomic E-state index is 12.4. The van der Waals surface area contributed by atoms with E-state index in [0.717, 1.165) is 4.47 Å². The van der Waals surface area contributed by atoms with Gasteiger partial charge in [-0.1, -0.05) is 34.1 Å². The summed E-state index contributed by atoms with van der Waals surface area (Å²) in [4.78, 5) is 28.6. The number of aromatic amines is 1. The average Bonchev–Trinajstić information content (AvgIpc) is 3.04. The molecule has 0 aliphatic carbocycles. The first-order valence-corrected chi connectivity index (χ1v) is 7.88. The van der Waals surface area contributed by atoms with E-state index in [1.165, 1.54) is 4.68 Å². The molecule has 0 spiro atoms. The average molecular weight is 384 g/mol. The largest absolute Gasteiger partial charge is 0.493 e. The Kier molecular flexibility index (Phi) is 3.24. The first-order chi connectivity index (χ1) is 11.6. The number of para-hydroxylation sites is 1. The minimum atomic E-state index is -0.553. The lowest BCUT2D eigenvalue weighted by Gasteiger charge is -2.04. The van der Waals surface area contributed by atoms with Crippen molar-refractivity contribution in [3.05, 3.63) is 79.5 Å². The molecule has 2 aromatic carbocycles. The monoisotopic (exact) mass is 383 g/mol. The highest BCUT2D eigenvalue weighted by atomic mass is 79.9. The number of halogens is 1. The first kappa shape index (κ1) is 14.6. The zero-order valence-electron chi connectivity index (χ0n) is 12.2. The molecule has 1 aromatic heterocycles. The van der Waals surface area contributed by atoms with Crippen LogP contribution in [0.15, 0.2) is 62.8 Å². The number of benzene rings is 2. The number of carbonyl (C=O) groups is 1. The molecule has 2 heterocycles. The standard InChI is InChI=1S/C17H10BrN3O3/c18-9-6-7-12-11(8-9)13(15(22)19-12)14-16(23)20-21(17(14)24)10-4-2-1-3-5-10/h1-8,24H,(H,20,23). The highest BCUT2D eigenvalue weighted by Gasteiger charge is 2.27. The summed E-state index contributed by atoms with van der Waals surface area (Å²) in [5.41, 5.74) is 0.0442. The summed E-state index contributed by atoms with van der Waals surface area (Å²) in [6.07, 6.45) is 0. The van der Waals surface area contributed by atoms with Gasteiger partial charge in [0.25, 0.3) is 11.5 Å². The van der Waals surface area contributed by atoms with E-state index in [1.807, 2.05) is 6.07 Å². The van der Waals surface area contributed by atoms with Crippen LogP contribution in [0.25, 0.3) is 11.3 Å². The fourth-order valence-electron chi connectivity index (χ4n) is 2.74. The summed E-state index contributed by atoms with van der Waals surface area (Å²) >= 11 is 3.34. The van der Waals surface area contributed by atoms with E-state index >= 15 is 0 Å². The van der Waals surface area contributed by atoms with Gasteiger partial charge in [-0.2, -0.15) is 0 Å². The van der Waals surface area contributed by atoms with Gasteiger partial charge in [0.2, 0.25) is 5.88 Å². The zero-order chi connectivity index (χ0) is 16.8. The summed E-state index contributed by atoms with van der Waals surface area (Å²) in [5.74, 6) is -0.868. The smallest absolute Gasteiger partial charge is 0.279 e. The Balaban J connectivity index is 2.05. The number of amides is 1. The number of nitrogens with one attached hydrogen (secondary N) is 1. The summed E-state index contributed by atoms with van der Waals surface area (Å²) < 4.78 is 2.00. The van der Waals surface area contributed by atoms with Crippen molar-refractivity contribution in [3.63, 3.8) is 0 Å². The van der Waals surface area contributed by atoms with Crippen molar-refractivity contribution >= 4 is 27.4 Å². The molecule has 0 saturated heterocycles. The lowest BCUT2D eigenvalue weighted by molar-refractivity contribution is -0.112. The predicted octanol–water partition coefficient (Wildman–Crippen LogP) is 0.992. The Labute approximate surface area is 143 Å². The number of rotatable bonds is 2. The van der Waals surface area contributed by atoms with Crippen LogP contribution < -0.4 is 16.1 Å². The Bertz CT molecular complexity index is 1160. The molecule has 0 atom stereocenters. The van der Waals surface area contributed by atoms with Crippen molar-refractivity contribution in [3.8, 4) is 11.6 Å². The van der Waals surface area contributed by atoms with E-state index in [9.17, 15) is 14.7 Å². The van der Waals surface area contributed by atoms with E-state index in [4.69, 9.17) is 0 Å². The third-order valence-electron chi connectivity index (χ3n) is 3.80.